The first-order chi connectivity index (χ1) is 11.9. The molecule has 25 heavy (non-hydrogen) atoms. The maximum atomic E-state index is 12.4. The number of carbonyl (C=O) groups is 1. The quantitative estimate of drug-likeness (QED) is 0.748. The van der Waals surface area contributed by atoms with Crippen molar-refractivity contribution in [2.24, 2.45) is 11.8 Å². The second-order valence-electron chi connectivity index (χ2n) is 8.09. The molecule has 1 aliphatic heterocycles. The summed E-state index contributed by atoms with van der Waals surface area (Å²) >= 11 is 0. The summed E-state index contributed by atoms with van der Waals surface area (Å²) < 4.78 is 6.31. The van der Waals surface area contributed by atoms with Gasteiger partial charge in [-0.25, -0.2) is 0 Å². The molecular formula is C21H30O4. The van der Waals surface area contributed by atoms with Crippen LogP contribution >= 0.6 is 0 Å². The Labute approximate surface area is 150 Å². The predicted octanol–water partition coefficient (Wildman–Crippen LogP) is 3.44. The monoisotopic (exact) mass is 346 g/mol. The molecule has 3 aliphatic rings. The van der Waals surface area contributed by atoms with E-state index in [0.717, 1.165) is 36.2 Å². The Morgan fingerprint density at radius 2 is 2.28 bits per heavy atom. The Balaban J connectivity index is 1.73. The molecule has 0 amide bonds. The minimum atomic E-state index is -0.857. The Kier molecular flexibility index (Phi) is 5.21. The molecule has 0 bridgehead atoms. The molecule has 0 saturated carbocycles. The molecule has 1 unspecified atom stereocenters. The molecule has 0 saturated heterocycles. The lowest BCUT2D eigenvalue weighted by Gasteiger charge is -2.43. The van der Waals surface area contributed by atoms with Gasteiger partial charge in [0.25, 0.3) is 0 Å². The Morgan fingerprint density at radius 1 is 1.52 bits per heavy atom. The number of allylic oxidation sites excluding steroid dienone is 2. The van der Waals surface area contributed by atoms with Crippen molar-refractivity contribution in [2.45, 2.75) is 71.0 Å². The SMILES string of the molecule is C/C(=C\CCC(C)C1=CC[C@]2(C)OC3=C(C[C@H]12)C(=O)[C@@H](O)CC3)CO. The van der Waals surface area contributed by atoms with Crippen LogP contribution in [0.3, 0.4) is 0 Å². The molecule has 1 heterocycles. The van der Waals surface area contributed by atoms with E-state index in [1.807, 2.05) is 6.92 Å². The van der Waals surface area contributed by atoms with E-state index in [1.54, 1.807) is 0 Å². The highest BCUT2D eigenvalue weighted by molar-refractivity contribution is 6.00. The van der Waals surface area contributed by atoms with Crippen LogP contribution in [0.1, 0.15) is 59.3 Å². The number of fused-ring (bicyclic) bond motifs is 1. The van der Waals surface area contributed by atoms with Gasteiger partial charge in [0.2, 0.25) is 0 Å². The van der Waals surface area contributed by atoms with Gasteiger partial charge in [0.1, 0.15) is 17.5 Å². The van der Waals surface area contributed by atoms with Gasteiger partial charge in [0.15, 0.2) is 5.78 Å². The van der Waals surface area contributed by atoms with E-state index in [2.05, 4.69) is 26.0 Å². The van der Waals surface area contributed by atoms with Gasteiger partial charge in [-0.15, -0.1) is 0 Å². The third kappa shape index (κ3) is 3.47. The van der Waals surface area contributed by atoms with Gasteiger partial charge >= 0.3 is 0 Å². The molecule has 0 spiro atoms. The molecule has 4 nitrogen and oxygen atoms in total. The molecule has 0 fully saturated rings. The van der Waals surface area contributed by atoms with Crippen molar-refractivity contribution in [1.29, 1.82) is 0 Å². The number of ether oxygens (including phenoxy) is 1. The zero-order valence-electron chi connectivity index (χ0n) is 15.5. The zero-order valence-corrected chi connectivity index (χ0v) is 15.5. The second kappa shape index (κ2) is 7.08. The summed E-state index contributed by atoms with van der Waals surface area (Å²) in [6.07, 6.45) is 8.25. The van der Waals surface area contributed by atoms with Crippen LogP contribution in [0.15, 0.2) is 34.6 Å². The first-order valence-corrected chi connectivity index (χ1v) is 9.45. The zero-order chi connectivity index (χ0) is 18.2. The highest BCUT2D eigenvalue weighted by Gasteiger charge is 2.49. The summed E-state index contributed by atoms with van der Waals surface area (Å²) in [6, 6.07) is 0. The number of hydrogen-bond acceptors (Lipinski definition) is 4. The second-order valence-corrected chi connectivity index (χ2v) is 8.09. The minimum absolute atomic E-state index is 0.118. The lowest BCUT2D eigenvalue weighted by Crippen LogP contribution is -2.43. The molecule has 0 radical (unpaired) electrons. The van der Waals surface area contributed by atoms with Crippen molar-refractivity contribution in [3.63, 3.8) is 0 Å². The van der Waals surface area contributed by atoms with Crippen LogP contribution in [0.4, 0.5) is 0 Å². The van der Waals surface area contributed by atoms with Crippen molar-refractivity contribution < 1.29 is 19.7 Å². The number of aliphatic hydroxyl groups is 2. The Hall–Kier alpha value is -1.39. The van der Waals surface area contributed by atoms with Crippen molar-refractivity contribution in [1.82, 2.24) is 0 Å². The van der Waals surface area contributed by atoms with Gasteiger partial charge in [-0.3, -0.25) is 4.79 Å². The highest BCUT2D eigenvalue weighted by atomic mass is 16.5. The number of rotatable bonds is 5. The van der Waals surface area contributed by atoms with Gasteiger partial charge in [-0.2, -0.15) is 0 Å². The van der Waals surface area contributed by atoms with E-state index < -0.39 is 6.10 Å². The Bertz CT molecular complexity index is 642. The predicted molar refractivity (Wildman–Crippen MR) is 96.8 cm³/mol. The van der Waals surface area contributed by atoms with Crippen LogP contribution in [0.2, 0.25) is 0 Å². The lowest BCUT2D eigenvalue weighted by atomic mass is 9.74. The lowest BCUT2D eigenvalue weighted by molar-refractivity contribution is -0.127. The molecule has 0 aromatic heterocycles. The third-order valence-corrected chi connectivity index (χ3v) is 6.14. The molecule has 0 aromatic carbocycles. The fourth-order valence-electron chi connectivity index (χ4n) is 4.46. The number of hydrogen-bond donors (Lipinski definition) is 2. The number of aliphatic hydroxyl groups excluding tert-OH is 2. The van der Waals surface area contributed by atoms with E-state index in [4.69, 9.17) is 9.84 Å². The number of ketones is 1. The number of carbonyl (C=O) groups excluding carboxylic acids is 1. The van der Waals surface area contributed by atoms with Gasteiger partial charge < -0.3 is 14.9 Å². The largest absolute Gasteiger partial charge is 0.491 e. The van der Waals surface area contributed by atoms with Crippen LogP contribution in [-0.4, -0.2) is 34.3 Å². The van der Waals surface area contributed by atoms with Crippen LogP contribution in [0.25, 0.3) is 0 Å². The summed E-state index contributed by atoms with van der Waals surface area (Å²) in [5.41, 5.74) is 2.87. The van der Waals surface area contributed by atoms with E-state index in [9.17, 15) is 9.90 Å². The van der Waals surface area contributed by atoms with Crippen molar-refractivity contribution >= 4 is 5.78 Å². The van der Waals surface area contributed by atoms with Crippen LogP contribution in [0.5, 0.6) is 0 Å². The summed E-state index contributed by atoms with van der Waals surface area (Å²) in [5.74, 6) is 1.32. The van der Waals surface area contributed by atoms with Gasteiger partial charge in [-0.05, 0) is 45.4 Å². The summed E-state index contributed by atoms with van der Waals surface area (Å²) in [5, 5.41) is 19.0. The van der Waals surface area contributed by atoms with E-state index in [0.29, 0.717) is 25.2 Å². The topological polar surface area (TPSA) is 66.8 Å². The molecule has 2 aliphatic carbocycles. The van der Waals surface area contributed by atoms with Crippen molar-refractivity contribution in [3.05, 3.63) is 34.6 Å². The summed E-state index contributed by atoms with van der Waals surface area (Å²) in [4.78, 5) is 12.4. The van der Waals surface area contributed by atoms with Crippen molar-refractivity contribution in [3.8, 4) is 0 Å². The number of Topliss-reactive ketones (excluding diaryl/α,β-unsaturated/α-hetero) is 1. The van der Waals surface area contributed by atoms with Crippen LogP contribution < -0.4 is 0 Å². The first-order valence-electron chi connectivity index (χ1n) is 9.45. The molecule has 3 rings (SSSR count). The van der Waals surface area contributed by atoms with E-state index in [1.165, 1.54) is 5.57 Å². The fourth-order valence-corrected chi connectivity index (χ4v) is 4.46. The fraction of sp³-hybridized carbons (Fsp3) is 0.667. The van der Waals surface area contributed by atoms with Gasteiger partial charge in [0, 0.05) is 24.3 Å². The van der Waals surface area contributed by atoms with Crippen LogP contribution in [0, 0.1) is 11.8 Å². The third-order valence-electron chi connectivity index (χ3n) is 6.14. The average Bonchev–Trinajstić information content (AvgIpc) is 2.93. The summed E-state index contributed by atoms with van der Waals surface area (Å²) in [7, 11) is 0. The molecule has 2 N–H and O–H groups in total. The van der Waals surface area contributed by atoms with Crippen LogP contribution in [-0.2, 0) is 9.53 Å². The standard InChI is InChI=1S/C21H30O4/c1-13(12-22)5-4-6-14(2)15-9-10-21(3)17(15)11-16-19(25-21)8-7-18(23)20(16)24/h5,9,14,17-18,22-23H,4,6-8,10-12H2,1-3H3/b13-5+/t14?,17-,18+,21+/m1/s1. The van der Waals surface area contributed by atoms with E-state index >= 15 is 0 Å². The van der Waals surface area contributed by atoms with Gasteiger partial charge in [-0.1, -0.05) is 30.2 Å². The normalized spacial score (nSPS) is 33.6. The van der Waals surface area contributed by atoms with Crippen molar-refractivity contribution in [2.75, 3.05) is 6.61 Å². The maximum Gasteiger partial charge on any atom is 0.190 e. The molecule has 4 heteroatoms. The molecular weight excluding hydrogens is 316 g/mol. The first kappa shape index (κ1) is 18.4. The summed E-state index contributed by atoms with van der Waals surface area (Å²) in [6.45, 7) is 6.46. The maximum absolute atomic E-state index is 12.4. The van der Waals surface area contributed by atoms with E-state index in [-0.39, 0.29) is 23.9 Å². The smallest absolute Gasteiger partial charge is 0.190 e. The highest BCUT2D eigenvalue weighted by Crippen LogP contribution is 2.51. The van der Waals surface area contributed by atoms with Gasteiger partial charge in [0.05, 0.1) is 6.61 Å². The molecule has 0 aromatic rings. The minimum Gasteiger partial charge on any atom is -0.491 e. The Morgan fingerprint density at radius 3 is 3.00 bits per heavy atom. The molecule has 4 atom stereocenters. The average molecular weight is 346 g/mol. The molecule has 138 valence electrons.